The van der Waals surface area contributed by atoms with Crippen LogP contribution in [0.1, 0.15) is 18.9 Å². The van der Waals surface area contributed by atoms with E-state index in [0.717, 1.165) is 11.3 Å². The lowest BCUT2D eigenvalue weighted by atomic mass is 10.0. The van der Waals surface area contributed by atoms with E-state index in [0.29, 0.717) is 30.8 Å². The van der Waals surface area contributed by atoms with Gasteiger partial charge in [-0.25, -0.2) is 8.42 Å². The van der Waals surface area contributed by atoms with Crippen molar-refractivity contribution in [3.05, 3.63) is 42.0 Å². The van der Waals surface area contributed by atoms with Crippen molar-refractivity contribution in [2.24, 2.45) is 0 Å². The third kappa shape index (κ3) is 3.71. The van der Waals surface area contributed by atoms with Gasteiger partial charge in [0.1, 0.15) is 16.4 Å². The molecule has 1 heterocycles. The molecule has 0 unspecified atom stereocenters. The van der Waals surface area contributed by atoms with Crippen molar-refractivity contribution >= 4 is 27.3 Å². The lowest BCUT2D eigenvalue weighted by molar-refractivity contribution is -0.118. The molecule has 0 saturated carbocycles. The second kappa shape index (κ2) is 7.48. The Balaban J connectivity index is 1.92. The first kappa shape index (κ1) is 19.0. The summed E-state index contributed by atoms with van der Waals surface area (Å²) >= 11 is 0. The molecule has 1 aliphatic heterocycles. The van der Waals surface area contributed by atoms with Gasteiger partial charge in [0.15, 0.2) is 0 Å². The van der Waals surface area contributed by atoms with Crippen LogP contribution < -0.4 is 19.1 Å². The fraction of sp³-hybridized carbons (Fsp3) is 0.316. The van der Waals surface area contributed by atoms with Crippen LogP contribution in [0.3, 0.4) is 0 Å². The van der Waals surface area contributed by atoms with Gasteiger partial charge in [-0.05, 0) is 49.2 Å². The molecule has 0 saturated heterocycles. The standard InChI is InChI=1S/C19H22N2O5S/c1-4-21-16-8-6-14(11-13(16)5-10-19(21)22)20-27(23,24)18-9-7-15(25-2)12-17(18)26-3/h6-9,11-12,20H,4-5,10H2,1-3H3. The molecular formula is C19H22N2O5S. The zero-order valence-corrected chi connectivity index (χ0v) is 16.3. The Morgan fingerprint density at radius 1 is 1.07 bits per heavy atom. The minimum Gasteiger partial charge on any atom is -0.497 e. The van der Waals surface area contributed by atoms with Crippen molar-refractivity contribution in [2.45, 2.75) is 24.7 Å². The maximum Gasteiger partial charge on any atom is 0.265 e. The van der Waals surface area contributed by atoms with Crippen LogP contribution in [0.5, 0.6) is 11.5 Å². The van der Waals surface area contributed by atoms with E-state index < -0.39 is 10.0 Å². The quantitative estimate of drug-likeness (QED) is 0.820. The monoisotopic (exact) mass is 390 g/mol. The topological polar surface area (TPSA) is 84.9 Å². The molecule has 0 atom stereocenters. The molecule has 8 heteroatoms. The molecule has 0 aliphatic carbocycles. The van der Waals surface area contributed by atoms with Gasteiger partial charge in [-0.1, -0.05) is 0 Å². The largest absolute Gasteiger partial charge is 0.497 e. The first-order valence-corrected chi connectivity index (χ1v) is 10.1. The Bertz CT molecular complexity index is 972. The lowest BCUT2D eigenvalue weighted by Gasteiger charge is -2.28. The van der Waals surface area contributed by atoms with Gasteiger partial charge < -0.3 is 14.4 Å². The van der Waals surface area contributed by atoms with E-state index in [4.69, 9.17) is 9.47 Å². The minimum atomic E-state index is -3.85. The Kier molecular flexibility index (Phi) is 5.27. The Morgan fingerprint density at radius 2 is 1.85 bits per heavy atom. The Labute approximate surface area is 158 Å². The van der Waals surface area contributed by atoms with Crippen LogP contribution in [0.4, 0.5) is 11.4 Å². The van der Waals surface area contributed by atoms with Crippen LogP contribution in [0.25, 0.3) is 0 Å². The number of rotatable bonds is 6. The van der Waals surface area contributed by atoms with Crippen LogP contribution in [0.2, 0.25) is 0 Å². The number of sulfonamides is 1. The summed E-state index contributed by atoms with van der Waals surface area (Å²) in [5.74, 6) is 0.785. The third-order valence-electron chi connectivity index (χ3n) is 4.51. The maximum atomic E-state index is 12.8. The molecule has 1 N–H and O–H groups in total. The molecule has 0 radical (unpaired) electrons. The highest BCUT2D eigenvalue weighted by Crippen LogP contribution is 2.33. The minimum absolute atomic E-state index is 0.0221. The number of carbonyl (C=O) groups excluding carboxylic acids is 1. The third-order valence-corrected chi connectivity index (χ3v) is 5.93. The van der Waals surface area contributed by atoms with E-state index in [1.807, 2.05) is 6.92 Å². The molecule has 0 spiro atoms. The second-order valence-electron chi connectivity index (χ2n) is 6.10. The van der Waals surface area contributed by atoms with Gasteiger partial charge in [-0.3, -0.25) is 9.52 Å². The summed E-state index contributed by atoms with van der Waals surface area (Å²) < 4.78 is 38.5. The average Bonchev–Trinajstić information content (AvgIpc) is 2.67. The normalized spacial score (nSPS) is 13.9. The van der Waals surface area contributed by atoms with Crippen molar-refractivity contribution in [2.75, 3.05) is 30.4 Å². The summed E-state index contributed by atoms with van der Waals surface area (Å²) in [7, 11) is -0.944. The first-order valence-electron chi connectivity index (χ1n) is 8.57. The number of benzene rings is 2. The van der Waals surface area contributed by atoms with Crippen molar-refractivity contribution in [1.29, 1.82) is 0 Å². The van der Waals surface area contributed by atoms with E-state index in [2.05, 4.69) is 4.72 Å². The highest BCUT2D eigenvalue weighted by molar-refractivity contribution is 7.92. The number of nitrogens with zero attached hydrogens (tertiary/aromatic N) is 1. The number of fused-ring (bicyclic) bond motifs is 1. The summed E-state index contributed by atoms with van der Waals surface area (Å²) in [5, 5.41) is 0. The molecule has 1 aliphatic rings. The lowest BCUT2D eigenvalue weighted by Crippen LogP contribution is -2.34. The summed E-state index contributed by atoms with van der Waals surface area (Å²) in [4.78, 5) is 13.7. The zero-order valence-electron chi connectivity index (χ0n) is 15.5. The number of carbonyl (C=O) groups is 1. The summed E-state index contributed by atoms with van der Waals surface area (Å²) in [6.45, 7) is 2.50. The molecule has 0 bridgehead atoms. The van der Waals surface area contributed by atoms with Crippen molar-refractivity contribution < 1.29 is 22.7 Å². The average molecular weight is 390 g/mol. The highest BCUT2D eigenvalue weighted by atomic mass is 32.2. The van der Waals surface area contributed by atoms with Crippen LogP contribution in [0, 0.1) is 0 Å². The van der Waals surface area contributed by atoms with Gasteiger partial charge in [-0.2, -0.15) is 0 Å². The van der Waals surface area contributed by atoms with Gasteiger partial charge in [0.2, 0.25) is 5.91 Å². The number of nitrogens with one attached hydrogen (secondary N) is 1. The molecule has 2 aromatic rings. The van der Waals surface area contributed by atoms with Crippen LogP contribution >= 0.6 is 0 Å². The number of amides is 1. The van der Waals surface area contributed by atoms with Gasteiger partial charge in [0.05, 0.1) is 14.2 Å². The molecular weight excluding hydrogens is 368 g/mol. The molecule has 2 aromatic carbocycles. The first-order chi connectivity index (χ1) is 12.9. The molecule has 3 rings (SSSR count). The van der Waals surface area contributed by atoms with Crippen LogP contribution in [-0.2, 0) is 21.2 Å². The Hall–Kier alpha value is -2.74. The van der Waals surface area contributed by atoms with E-state index in [9.17, 15) is 13.2 Å². The van der Waals surface area contributed by atoms with E-state index in [1.54, 1.807) is 29.2 Å². The van der Waals surface area contributed by atoms with E-state index in [1.165, 1.54) is 26.4 Å². The molecule has 7 nitrogen and oxygen atoms in total. The number of ether oxygens (including phenoxy) is 2. The van der Waals surface area contributed by atoms with E-state index >= 15 is 0 Å². The highest BCUT2D eigenvalue weighted by Gasteiger charge is 2.24. The molecule has 0 fully saturated rings. The number of hydrogen-bond acceptors (Lipinski definition) is 5. The fourth-order valence-corrected chi connectivity index (χ4v) is 4.38. The predicted molar refractivity (Wildman–Crippen MR) is 103 cm³/mol. The number of anilines is 2. The van der Waals surface area contributed by atoms with Crippen LogP contribution in [0.15, 0.2) is 41.3 Å². The second-order valence-corrected chi connectivity index (χ2v) is 7.75. The Morgan fingerprint density at radius 3 is 2.52 bits per heavy atom. The maximum absolute atomic E-state index is 12.8. The zero-order chi connectivity index (χ0) is 19.6. The summed E-state index contributed by atoms with van der Waals surface area (Å²) in [5.41, 5.74) is 2.22. The van der Waals surface area contributed by atoms with Gasteiger partial charge >= 0.3 is 0 Å². The van der Waals surface area contributed by atoms with Crippen molar-refractivity contribution in [3.63, 3.8) is 0 Å². The summed E-state index contributed by atoms with van der Waals surface area (Å²) in [6.07, 6.45) is 1.01. The van der Waals surface area contributed by atoms with Crippen molar-refractivity contribution in [1.82, 2.24) is 0 Å². The van der Waals surface area contributed by atoms with Crippen LogP contribution in [-0.4, -0.2) is 35.1 Å². The smallest absolute Gasteiger partial charge is 0.265 e. The molecule has 0 aromatic heterocycles. The molecule has 27 heavy (non-hydrogen) atoms. The van der Waals surface area contributed by atoms with Gasteiger partial charge in [-0.15, -0.1) is 0 Å². The van der Waals surface area contributed by atoms with Crippen molar-refractivity contribution in [3.8, 4) is 11.5 Å². The van der Waals surface area contributed by atoms with Gasteiger partial charge in [0.25, 0.3) is 10.0 Å². The molecule has 1 amide bonds. The molecule has 144 valence electrons. The number of methoxy groups -OCH3 is 2. The SMILES string of the molecule is CCN1C(=O)CCc2cc(NS(=O)(=O)c3ccc(OC)cc3OC)ccc21. The summed E-state index contributed by atoms with van der Waals surface area (Å²) in [6, 6.07) is 9.74. The number of hydrogen-bond donors (Lipinski definition) is 1. The van der Waals surface area contributed by atoms with E-state index in [-0.39, 0.29) is 16.6 Å². The number of aryl methyl sites for hydroxylation is 1. The van der Waals surface area contributed by atoms with Gasteiger partial charge in [0, 0.05) is 30.4 Å². The fourth-order valence-electron chi connectivity index (χ4n) is 3.18. The predicted octanol–water partition coefficient (Wildman–Crippen LogP) is 2.80.